The third-order valence-corrected chi connectivity index (χ3v) is 1.06. The zero-order chi connectivity index (χ0) is 6.69. The van der Waals surface area contributed by atoms with E-state index in [0.29, 0.717) is 5.69 Å². The lowest BCUT2D eigenvalue weighted by atomic mass is 10.4. The number of carbonyl (C=O) groups is 1. The average molecular weight is 178 g/mol. The van der Waals surface area contributed by atoms with Crippen molar-refractivity contribution in [2.24, 2.45) is 0 Å². The first-order chi connectivity index (χ1) is 4.30. The smallest absolute Gasteiger partial charge is 0.270 e. The van der Waals surface area contributed by atoms with Crippen LogP contribution in [0.3, 0.4) is 0 Å². The molecule has 4 heteroatoms. The Morgan fingerprint density at radius 2 is 2.20 bits per heavy atom. The molecular weight excluding hydrogens is 173 g/mol. The number of halogens is 2. The molecule has 0 saturated carbocycles. The van der Waals surface area contributed by atoms with Crippen LogP contribution in [0.15, 0.2) is 24.4 Å². The normalized spacial score (nSPS) is 8.10. The lowest BCUT2D eigenvalue weighted by molar-refractivity contribution is 0.107. The average Bonchev–Trinajstić information content (AvgIpc) is 1.90. The Morgan fingerprint density at radius 1 is 1.50 bits per heavy atom. The Balaban J connectivity index is 0.000000810. The number of hydrogen-bond acceptors (Lipinski definition) is 2. The highest BCUT2D eigenvalue weighted by atomic mass is 35.5. The predicted molar refractivity (Wildman–Crippen MR) is 41.7 cm³/mol. The van der Waals surface area contributed by atoms with Crippen LogP contribution >= 0.6 is 24.0 Å². The lowest BCUT2D eigenvalue weighted by Gasteiger charge is -1.86. The molecule has 0 amide bonds. The predicted octanol–water partition coefficient (Wildman–Crippen LogP) is 1.88. The van der Waals surface area contributed by atoms with Gasteiger partial charge in [-0.15, -0.1) is 12.4 Å². The van der Waals surface area contributed by atoms with Gasteiger partial charge in [-0.1, -0.05) is 6.07 Å². The summed E-state index contributed by atoms with van der Waals surface area (Å²) in [4.78, 5) is 14.0. The molecule has 54 valence electrons. The molecule has 1 aromatic rings. The van der Waals surface area contributed by atoms with Gasteiger partial charge in [0, 0.05) is 6.20 Å². The van der Waals surface area contributed by atoms with Gasteiger partial charge in [-0.25, -0.2) is 0 Å². The summed E-state index contributed by atoms with van der Waals surface area (Å²) in [7, 11) is 0. The van der Waals surface area contributed by atoms with E-state index in [1.165, 1.54) is 6.20 Å². The van der Waals surface area contributed by atoms with E-state index in [2.05, 4.69) is 4.98 Å². The molecule has 1 aromatic heterocycles. The van der Waals surface area contributed by atoms with Gasteiger partial charge in [0.05, 0.1) is 0 Å². The van der Waals surface area contributed by atoms with Crippen molar-refractivity contribution < 1.29 is 4.79 Å². The summed E-state index contributed by atoms with van der Waals surface area (Å²) in [6.45, 7) is 0. The van der Waals surface area contributed by atoms with Crippen LogP contribution in [0.4, 0.5) is 0 Å². The van der Waals surface area contributed by atoms with Crippen LogP contribution < -0.4 is 0 Å². The van der Waals surface area contributed by atoms with Crippen molar-refractivity contribution >= 4 is 29.3 Å². The Kier molecular flexibility index (Phi) is 4.00. The molecule has 2 nitrogen and oxygen atoms in total. The molecular formula is C6H5Cl2NO. The van der Waals surface area contributed by atoms with Gasteiger partial charge in [-0.05, 0) is 23.7 Å². The number of rotatable bonds is 1. The molecule has 1 heterocycles. The Hall–Kier alpha value is -0.600. The maximum atomic E-state index is 10.3. The third-order valence-electron chi connectivity index (χ3n) is 0.866. The van der Waals surface area contributed by atoms with Gasteiger partial charge < -0.3 is 0 Å². The van der Waals surface area contributed by atoms with Crippen molar-refractivity contribution in [1.29, 1.82) is 0 Å². The highest BCUT2D eigenvalue weighted by molar-refractivity contribution is 6.67. The van der Waals surface area contributed by atoms with Crippen LogP contribution in [-0.4, -0.2) is 10.2 Å². The van der Waals surface area contributed by atoms with E-state index in [1.54, 1.807) is 18.2 Å². The topological polar surface area (TPSA) is 30.0 Å². The summed E-state index contributed by atoms with van der Waals surface area (Å²) in [6.07, 6.45) is 1.52. The van der Waals surface area contributed by atoms with Crippen LogP contribution in [-0.2, 0) is 0 Å². The van der Waals surface area contributed by atoms with Crippen LogP contribution in [0.5, 0.6) is 0 Å². The summed E-state index contributed by atoms with van der Waals surface area (Å²) >= 11 is 5.10. The van der Waals surface area contributed by atoms with Crippen molar-refractivity contribution in [1.82, 2.24) is 4.98 Å². The standard InChI is InChI=1S/C6H4ClNO.ClH/c7-6(9)5-3-1-2-4-8-5;/h1-4H;1H. The second kappa shape index (κ2) is 4.25. The van der Waals surface area contributed by atoms with Crippen molar-refractivity contribution in [2.45, 2.75) is 0 Å². The maximum Gasteiger partial charge on any atom is 0.270 e. The summed E-state index contributed by atoms with van der Waals surface area (Å²) in [6, 6.07) is 5.00. The van der Waals surface area contributed by atoms with Crippen LogP contribution in [0.1, 0.15) is 10.5 Å². The number of carbonyl (C=O) groups excluding carboxylic acids is 1. The monoisotopic (exact) mass is 177 g/mol. The molecule has 0 N–H and O–H groups in total. The van der Waals surface area contributed by atoms with Gasteiger partial charge in [0.1, 0.15) is 5.69 Å². The first-order valence-corrected chi connectivity index (χ1v) is 2.79. The molecule has 0 spiro atoms. The Morgan fingerprint density at radius 3 is 2.50 bits per heavy atom. The molecule has 0 atom stereocenters. The largest absolute Gasteiger partial charge is 0.274 e. The quantitative estimate of drug-likeness (QED) is 0.614. The number of pyridine rings is 1. The fourth-order valence-electron chi connectivity index (χ4n) is 0.479. The van der Waals surface area contributed by atoms with Crippen LogP contribution in [0.2, 0.25) is 0 Å². The number of aromatic nitrogens is 1. The molecule has 0 fully saturated rings. The summed E-state index contributed by atoms with van der Waals surface area (Å²) in [5.41, 5.74) is 0.291. The van der Waals surface area contributed by atoms with E-state index in [4.69, 9.17) is 11.6 Å². The van der Waals surface area contributed by atoms with Crippen molar-refractivity contribution in [3.8, 4) is 0 Å². The zero-order valence-electron chi connectivity index (χ0n) is 4.95. The van der Waals surface area contributed by atoms with Crippen molar-refractivity contribution in [2.75, 3.05) is 0 Å². The van der Waals surface area contributed by atoms with Gasteiger partial charge in [-0.3, -0.25) is 9.78 Å². The minimum absolute atomic E-state index is 0. The Labute approximate surface area is 69.6 Å². The summed E-state index contributed by atoms with van der Waals surface area (Å²) in [5, 5.41) is -0.518. The number of nitrogens with zero attached hydrogens (tertiary/aromatic N) is 1. The third kappa shape index (κ3) is 2.33. The lowest BCUT2D eigenvalue weighted by Crippen LogP contribution is -1.90. The fourth-order valence-corrected chi connectivity index (χ4v) is 0.591. The molecule has 0 bridgehead atoms. The molecule has 0 radical (unpaired) electrons. The van der Waals surface area contributed by atoms with Gasteiger partial charge in [0.15, 0.2) is 0 Å². The molecule has 0 aliphatic rings. The highest BCUT2D eigenvalue weighted by Crippen LogP contribution is 1.96. The van der Waals surface area contributed by atoms with Gasteiger partial charge >= 0.3 is 0 Å². The first kappa shape index (κ1) is 9.40. The maximum absolute atomic E-state index is 10.3. The summed E-state index contributed by atoms with van der Waals surface area (Å²) < 4.78 is 0. The second-order valence-corrected chi connectivity index (χ2v) is 1.83. The molecule has 0 unspecified atom stereocenters. The van der Waals surface area contributed by atoms with Gasteiger partial charge in [0.2, 0.25) is 0 Å². The fraction of sp³-hybridized carbons (Fsp3) is 0. The minimum Gasteiger partial charge on any atom is -0.274 e. The van der Waals surface area contributed by atoms with Gasteiger partial charge in [0.25, 0.3) is 5.24 Å². The first-order valence-electron chi connectivity index (χ1n) is 2.41. The Bertz CT molecular complexity index is 212. The van der Waals surface area contributed by atoms with Crippen LogP contribution in [0.25, 0.3) is 0 Å². The molecule has 10 heavy (non-hydrogen) atoms. The van der Waals surface area contributed by atoms with E-state index in [0.717, 1.165) is 0 Å². The van der Waals surface area contributed by atoms with E-state index < -0.39 is 5.24 Å². The zero-order valence-corrected chi connectivity index (χ0v) is 6.52. The van der Waals surface area contributed by atoms with Crippen molar-refractivity contribution in [3.05, 3.63) is 30.1 Å². The number of hydrogen-bond donors (Lipinski definition) is 0. The molecule has 0 aliphatic heterocycles. The molecule has 1 rings (SSSR count). The minimum atomic E-state index is -0.518. The SMILES string of the molecule is Cl.O=C(Cl)c1ccccn1. The van der Waals surface area contributed by atoms with E-state index in [1.807, 2.05) is 0 Å². The highest BCUT2D eigenvalue weighted by Gasteiger charge is 1.98. The second-order valence-electron chi connectivity index (χ2n) is 1.49. The molecule has 0 aromatic carbocycles. The summed E-state index contributed by atoms with van der Waals surface area (Å²) in [5.74, 6) is 0. The molecule has 0 aliphatic carbocycles. The van der Waals surface area contributed by atoms with E-state index in [9.17, 15) is 4.79 Å². The van der Waals surface area contributed by atoms with Crippen LogP contribution in [0, 0.1) is 0 Å². The molecule has 0 saturated heterocycles. The van der Waals surface area contributed by atoms with E-state index >= 15 is 0 Å². The van der Waals surface area contributed by atoms with Crippen molar-refractivity contribution in [3.63, 3.8) is 0 Å². The van der Waals surface area contributed by atoms with Gasteiger partial charge in [-0.2, -0.15) is 0 Å². The van der Waals surface area contributed by atoms with E-state index in [-0.39, 0.29) is 12.4 Å².